The van der Waals surface area contributed by atoms with Crippen LogP contribution in [0.1, 0.15) is 11.1 Å². The molecule has 10 heteroatoms. The molecule has 3 heterocycles. The summed E-state index contributed by atoms with van der Waals surface area (Å²) >= 11 is 12.2. The van der Waals surface area contributed by atoms with E-state index in [-0.39, 0.29) is 33.5 Å². The second-order valence-electron chi connectivity index (χ2n) is 9.19. The van der Waals surface area contributed by atoms with Crippen LogP contribution in [0.5, 0.6) is 5.75 Å². The van der Waals surface area contributed by atoms with Gasteiger partial charge in [-0.2, -0.15) is 0 Å². The highest BCUT2D eigenvalue weighted by atomic mass is 35.5. The zero-order valence-electron chi connectivity index (χ0n) is 18.5. The van der Waals surface area contributed by atoms with Crippen LogP contribution in [0.4, 0.5) is 15.8 Å². The van der Waals surface area contributed by atoms with Gasteiger partial charge in [0.1, 0.15) is 17.1 Å². The largest absolute Gasteiger partial charge is 0.508 e. The second-order valence-corrected chi connectivity index (χ2v) is 10.0. The molecule has 2 fully saturated rings. The number of phenols is 1. The summed E-state index contributed by atoms with van der Waals surface area (Å²) in [5.41, 5.74) is 0.0536. The maximum atomic E-state index is 14.4. The van der Waals surface area contributed by atoms with Gasteiger partial charge in [-0.1, -0.05) is 35.3 Å². The Kier molecular flexibility index (Phi) is 5.12. The molecule has 182 valence electrons. The molecule has 0 aliphatic carbocycles. The fraction of sp³-hybridized carbons (Fsp3) is 0.192. The summed E-state index contributed by atoms with van der Waals surface area (Å²) in [6.45, 7) is 0. The lowest BCUT2D eigenvalue weighted by Crippen LogP contribution is -2.53. The number of nitrogens with zero attached hydrogens (tertiary/aromatic N) is 1. The van der Waals surface area contributed by atoms with Crippen LogP contribution in [0.3, 0.4) is 0 Å². The van der Waals surface area contributed by atoms with Crippen LogP contribution in [-0.2, 0) is 26.3 Å². The predicted octanol–water partition coefficient (Wildman–Crippen LogP) is 4.01. The van der Waals surface area contributed by atoms with Gasteiger partial charge in [-0.3, -0.25) is 19.7 Å². The first-order chi connectivity index (χ1) is 17.2. The van der Waals surface area contributed by atoms with E-state index in [4.69, 9.17) is 23.2 Å². The van der Waals surface area contributed by atoms with E-state index in [1.54, 1.807) is 12.1 Å². The normalized spacial score (nSPS) is 26.5. The van der Waals surface area contributed by atoms with Gasteiger partial charge in [0.15, 0.2) is 0 Å². The fourth-order valence-corrected chi connectivity index (χ4v) is 6.01. The zero-order chi connectivity index (χ0) is 25.4. The van der Waals surface area contributed by atoms with Gasteiger partial charge in [-0.25, -0.2) is 9.29 Å². The summed E-state index contributed by atoms with van der Waals surface area (Å²) in [6.07, 6.45) is 0.287. The van der Waals surface area contributed by atoms with Crippen molar-refractivity contribution in [3.63, 3.8) is 0 Å². The number of aromatic hydroxyl groups is 1. The Morgan fingerprint density at radius 1 is 0.944 bits per heavy atom. The first-order valence-corrected chi connectivity index (χ1v) is 12.0. The maximum absolute atomic E-state index is 14.4. The number of rotatable bonds is 3. The van der Waals surface area contributed by atoms with Crippen LogP contribution in [-0.4, -0.2) is 28.9 Å². The van der Waals surface area contributed by atoms with Crippen molar-refractivity contribution in [2.24, 2.45) is 11.8 Å². The molecular weight excluding hydrogens is 508 g/mol. The average Bonchev–Trinajstić information content (AvgIpc) is 3.42. The Morgan fingerprint density at radius 2 is 1.69 bits per heavy atom. The molecule has 2 unspecified atom stereocenters. The number of fused-ring (bicyclic) bond motifs is 4. The summed E-state index contributed by atoms with van der Waals surface area (Å²) < 4.78 is 14.4. The standard InChI is InChI=1S/C26H18Cl2FN3O4/c27-17-7-4-14(11-18(17)28)32-23(34)21-20(9-12-1-5-15(33)6-2-12)31-26(22(21)24(32)35)16-10-13(29)3-8-19(16)30-25(26)36/h1-8,10-11,20-22,31,33H,9H2,(H,30,36)/t20?,21-,22+,26?/m1/s1. The van der Waals surface area contributed by atoms with Crippen LogP contribution in [0.2, 0.25) is 10.0 Å². The van der Waals surface area contributed by atoms with Crippen LogP contribution in [0.25, 0.3) is 0 Å². The van der Waals surface area contributed by atoms with E-state index in [0.717, 1.165) is 10.5 Å². The minimum atomic E-state index is -1.64. The summed E-state index contributed by atoms with van der Waals surface area (Å²) in [5.74, 6) is -4.12. The average molecular weight is 526 g/mol. The molecule has 0 saturated carbocycles. The summed E-state index contributed by atoms with van der Waals surface area (Å²) in [5, 5.41) is 16.1. The molecule has 3 aliphatic rings. The zero-order valence-corrected chi connectivity index (χ0v) is 20.0. The highest BCUT2D eigenvalue weighted by Gasteiger charge is 2.70. The molecule has 0 aromatic heterocycles. The molecule has 3 aliphatic heterocycles. The molecule has 3 N–H and O–H groups in total. The Balaban J connectivity index is 1.50. The number of nitrogens with one attached hydrogen (secondary N) is 2. The van der Waals surface area contributed by atoms with Crippen molar-refractivity contribution in [1.82, 2.24) is 5.32 Å². The minimum absolute atomic E-state index is 0.0879. The number of phenolic OH excluding ortho intramolecular Hbond substituents is 1. The number of carbonyl (C=O) groups is 3. The summed E-state index contributed by atoms with van der Waals surface area (Å²) in [7, 11) is 0. The van der Waals surface area contributed by atoms with Gasteiger partial charge in [-0.05, 0) is 60.5 Å². The lowest BCUT2D eigenvalue weighted by Gasteiger charge is -2.29. The maximum Gasteiger partial charge on any atom is 0.250 e. The summed E-state index contributed by atoms with van der Waals surface area (Å²) in [6, 6.07) is 14.1. The van der Waals surface area contributed by atoms with Crippen molar-refractivity contribution in [2.45, 2.75) is 18.0 Å². The van der Waals surface area contributed by atoms with Crippen LogP contribution in [0, 0.1) is 17.7 Å². The molecule has 36 heavy (non-hydrogen) atoms. The van der Waals surface area contributed by atoms with Gasteiger partial charge in [-0.15, -0.1) is 0 Å². The molecule has 4 atom stereocenters. The number of anilines is 2. The molecule has 2 saturated heterocycles. The molecule has 6 rings (SSSR count). The third-order valence-corrected chi connectivity index (χ3v) is 7.97. The smallest absolute Gasteiger partial charge is 0.250 e. The minimum Gasteiger partial charge on any atom is -0.508 e. The highest BCUT2D eigenvalue weighted by molar-refractivity contribution is 6.42. The lowest BCUT2D eigenvalue weighted by atomic mass is 9.76. The fourth-order valence-electron chi connectivity index (χ4n) is 5.71. The van der Waals surface area contributed by atoms with E-state index < -0.39 is 47.0 Å². The quantitative estimate of drug-likeness (QED) is 0.449. The number of carbonyl (C=O) groups excluding carboxylic acids is 3. The predicted molar refractivity (Wildman–Crippen MR) is 131 cm³/mol. The monoisotopic (exact) mass is 525 g/mol. The van der Waals surface area contributed by atoms with Crippen molar-refractivity contribution in [3.8, 4) is 5.75 Å². The van der Waals surface area contributed by atoms with E-state index in [0.29, 0.717) is 5.69 Å². The number of imide groups is 1. The van der Waals surface area contributed by atoms with E-state index in [1.165, 1.54) is 48.5 Å². The third kappa shape index (κ3) is 3.18. The summed E-state index contributed by atoms with van der Waals surface area (Å²) in [4.78, 5) is 42.3. The Bertz CT molecular complexity index is 1460. The van der Waals surface area contributed by atoms with Gasteiger partial charge >= 0.3 is 0 Å². The van der Waals surface area contributed by atoms with Crippen LogP contribution >= 0.6 is 23.2 Å². The Labute approximate surface area is 214 Å². The molecule has 1 spiro atoms. The van der Waals surface area contributed by atoms with Gasteiger partial charge < -0.3 is 10.4 Å². The Morgan fingerprint density at radius 3 is 2.42 bits per heavy atom. The highest BCUT2D eigenvalue weighted by Crippen LogP contribution is 2.54. The van der Waals surface area contributed by atoms with E-state index >= 15 is 0 Å². The topological polar surface area (TPSA) is 98.7 Å². The number of amides is 3. The van der Waals surface area contributed by atoms with Crippen LogP contribution < -0.4 is 15.5 Å². The number of halogens is 3. The first kappa shape index (κ1) is 23.0. The van der Waals surface area contributed by atoms with Crippen LogP contribution in [0.15, 0.2) is 60.7 Å². The van der Waals surface area contributed by atoms with Gasteiger partial charge in [0, 0.05) is 17.3 Å². The molecule has 3 aromatic carbocycles. The van der Waals surface area contributed by atoms with Crippen molar-refractivity contribution in [3.05, 3.63) is 87.7 Å². The third-order valence-electron chi connectivity index (χ3n) is 7.23. The molecular formula is C26H18Cl2FN3O4. The van der Waals surface area contributed by atoms with Crippen molar-refractivity contribution in [1.29, 1.82) is 0 Å². The molecule has 7 nitrogen and oxygen atoms in total. The number of hydrogen-bond donors (Lipinski definition) is 3. The molecule has 3 aromatic rings. The molecule has 0 radical (unpaired) electrons. The van der Waals surface area contributed by atoms with E-state index in [1.807, 2.05) is 0 Å². The van der Waals surface area contributed by atoms with Crippen molar-refractivity contribution >= 4 is 52.3 Å². The van der Waals surface area contributed by atoms with E-state index in [9.17, 15) is 23.9 Å². The Hall–Kier alpha value is -3.46. The van der Waals surface area contributed by atoms with Gasteiger partial charge in [0.25, 0.3) is 0 Å². The number of benzene rings is 3. The SMILES string of the molecule is O=C1[C@@H]2C(Cc3ccc(O)cc3)NC3(C(=O)Nc4ccc(F)cc43)[C@@H]2C(=O)N1c1ccc(Cl)c(Cl)c1. The van der Waals surface area contributed by atoms with Gasteiger partial charge in [0.05, 0.1) is 27.6 Å². The van der Waals surface area contributed by atoms with Crippen molar-refractivity contribution < 1.29 is 23.9 Å². The first-order valence-electron chi connectivity index (χ1n) is 11.2. The molecule has 0 bridgehead atoms. The second kappa shape index (κ2) is 8.03. The molecule has 3 amide bonds. The van der Waals surface area contributed by atoms with Gasteiger partial charge in [0.2, 0.25) is 17.7 Å². The number of hydrogen-bond acceptors (Lipinski definition) is 5. The van der Waals surface area contributed by atoms with E-state index in [2.05, 4.69) is 10.6 Å². The lowest BCUT2D eigenvalue weighted by molar-refractivity contribution is -0.130. The van der Waals surface area contributed by atoms with Crippen molar-refractivity contribution in [2.75, 3.05) is 10.2 Å².